The van der Waals surface area contributed by atoms with Gasteiger partial charge in [0.15, 0.2) is 5.54 Å². The van der Waals surface area contributed by atoms with Crippen molar-refractivity contribution in [3.05, 3.63) is 0 Å². The first-order valence-electron chi connectivity index (χ1n) is 5.45. The Labute approximate surface area is 96.3 Å². The van der Waals surface area contributed by atoms with E-state index in [1.54, 1.807) is 6.92 Å². The highest BCUT2D eigenvalue weighted by Gasteiger charge is 2.46. The molecule has 1 atom stereocenters. The fourth-order valence-electron chi connectivity index (χ4n) is 1.60. The van der Waals surface area contributed by atoms with Gasteiger partial charge in [-0.2, -0.15) is 0 Å². The third-order valence-electron chi connectivity index (χ3n) is 3.64. The monoisotopic (exact) mass is 232 g/mol. The van der Waals surface area contributed by atoms with Crippen molar-refractivity contribution in [1.82, 2.24) is 0 Å². The molecule has 0 rings (SSSR count). The highest BCUT2D eigenvalue weighted by molar-refractivity contribution is 5.76. The maximum absolute atomic E-state index is 11.3. The summed E-state index contributed by atoms with van der Waals surface area (Å²) in [6.07, 6.45) is 0.780. The van der Waals surface area contributed by atoms with E-state index >= 15 is 0 Å². The number of hydrogen-bond donors (Lipinski definition) is 2. The van der Waals surface area contributed by atoms with Crippen LogP contribution in [-0.4, -0.2) is 52.8 Å². The van der Waals surface area contributed by atoms with Gasteiger partial charge in [-0.3, -0.25) is 4.79 Å². The van der Waals surface area contributed by atoms with Crippen molar-refractivity contribution in [3.63, 3.8) is 0 Å². The van der Waals surface area contributed by atoms with E-state index in [1.165, 1.54) is 0 Å². The molecular weight excluding hydrogens is 210 g/mol. The Hall–Kier alpha value is -1.10. The smallest absolute Gasteiger partial charge is 0.365 e. The summed E-state index contributed by atoms with van der Waals surface area (Å²) in [5, 5.41) is 17.9. The summed E-state index contributed by atoms with van der Waals surface area (Å²) in [6, 6.07) is 0. The minimum atomic E-state index is -0.926. The number of hydrogen-bond acceptors (Lipinski definition) is 2. The SMILES string of the molecule is CC[N+](C)(C)C(C)(CCCC(=O)O)C(=O)O. The Balaban J connectivity index is 4.71. The van der Waals surface area contributed by atoms with E-state index in [0.29, 0.717) is 23.9 Å². The fourth-order valence-corrected chi connectivity index (χ4v) is 1.60. The van der Waals surface area contributed by atoms with Gasteiger partial charge in [0, 0.05) is 19.8 Å². The predicted octanol–water partition coefficient (Wildman–Crippen LogP) is 1.18. The molecule has 0 aromatic carbocycles. The summed E-state index contributed by atoms with van der Waals surface area (Å²) >= 11 is 0. The van der Waals surface area contributed by atoms with Gasteiger partial charge in [-0.05, 0) is 13.3 Å². The van der Waals surface area contributed by atoms with Gasteiger partial charge < -0.3 is 14.7 Å². The van der Waals surface area contributed by atoms with E-state index in [4.69, 9.17) is 5.11 Å². The van der Waals surface area contributed by atoms with Crippen LogP contribution in [0.1, 0.15) is 33.1 Å². The zero-order valence-corrected chi connectivity index (χ0v) is 10.5. The highest BCUT2D eigenvalue weighted by atomic mass is 16.4. The molecule has 0 fully saturated rings. The van der Waals surface area contributed by atoms with Gasteiger partial charge in [0.2, 0.25) is 0 Å². The number of quaternary nitrogens is 1. The van der Waals surface area contributed by atoms with Crippen LogP contribution in [0.2, 0.25) is 0 Å². The maximum Gasteiger partial charge on any atom is 0.365 e. The van der Waals surface area contributed by atoms with Crippen molar-refractivity contribution >= 4 is 11.9 Å². The van der Waals surface area contributed by atoms with Crippen molar-refractivity contribution in [3.8, 4) is 0 Å². The van der Waals surface area contributed by atoms with Crippen LogP contribution in [-0.2, 0) is 9.59 Å². The molecule has 0 spiro atoms. The summed E-state index contributed by atoms with van der Waals surface area (Å²) < 4.78 is 0.349. The Bertz CT molecular complexity index is 275. The van der Waals surface area contributed by atoms with Crippen molar-refractivity contribution in [2.45, 2.75) is 38.6 Å². The van der Waals surface area contributed by atoms with Gasteiger partial charge in [0.1, 0.15) is 0 Å². The number of aliphatic carboxylic acids is 2. The lowest BCUT2D eigenvalue weighted by Crippen LogP contribution is -2.62. The van der Waals surface area contributed by atoms with Gasteiger partial charge in [-0.1, -0.05) is 0 Å². The minimum Gasteiger partial charge on any atom is -0.481 e. The van der Waals surface area contributed by atoms with Crippen molar-refractivity contribution in [2.24, 2.45) is 0 Å². The Morgan fingerprint density at radius 1 is 1.25 bits per heavy atom. The van der Waals surface area contributed by atoms with Crippen LogP contribution in [0.25, 0.3) is 0 Å². The Kier molecular flexibility index (Phi) is 4.93. The molecule has 0 saturated heterocycles. The molecule has 1 unspecified atom stereocenters. The molecular formula is C11H22NO4+. The molecule has 0 aromatic heterocycles. The number of carboxylic acids is 2. The van der Waals surface area contributed by atoms with Crippen molar-refractivity contribution in [2.75, 3.05) is 20.6 Å². The molecule has 0 amide bonds. The van der Waals surface area contributed by atoms with Crippen LogP contribution >= 0.6 is 0 Å². The van der Waals surface area contributed by atoms with Gasteiger partial charge in [-0.15, -0.1) is 0 Å². The second kappa shape index (κ2) is 5.30. The largest absolute Gasteiger partial charge is 0.481 e. The number of carbonyl (C=O) groups is 2. The topological polar surface area (TPSA) is 74.6 Å². The Morgan fingerprint density at radius 2 is 1.75 bits per heavy atom. The molecule has 5 heteroatoms. The average Bonchev–Trinajstić information content (AvgIpc) is 2.16. The molecule has 5 nitrogen and oxygen atoms in total. The van der Waals surface area contributed by atoms with Gasteiger partial charge in [0.25, 0.3) is 0 Å². The zero-order chi connectivity index (χ0) is 13.0. The molecule has 0 aromatic rings. The van der Waals surface area contributed by atoms with Crippen LogP contribution < -0.4 is 0 Å². The molecule has 0 heterocycles. The average molecular weight is 232 g/mol. The number of nitrogens with zero attached hydrogens (tertiary/aromatic N) is 1. The molecule has 0 aliphatic carbocycles. The lowest BCUT2D eigenvalue weighted by Gasteiger charge is -2.43. The zero-order valence-electron chi connectivity index (χ0n) is 10.5. The minimum absolute atomic E-state index is 0.0204. The second-order valence-corrected chi connectivity index (χ2v) is 4.83. The first-order chi connectivity index (χ1) is 7.17. The molecule has 94 valence electrons. The van der Waals surface area contributed by atoms with E-state index in [1.807, 2.05) is 21.0 Å². The first kappa shape index (κ1) is 14.9. The molecule has 0 radical (unpaired) electrons. The molecule has 2 N–H and O–H groups in total. The molecule has 0 bridgehead atoms. The van der Waals surface area contributed by atoms with Crippen LogP contribution in [0.5, 0.6) is 0 Å². The summed E-state index contributed by atoms with van der Waals surface area (Å²) in [6.45, 7) is 4.30. The van der Waals surface area contributed by atoms with Crippen molar-refractivity contribution < 1.29 is 24.3 Å². The third-order valence-corrected chi connectivity index (χ3v) is 3.64. The van der Waals surface area contributed by atoms with Gasteiger partial charge in [0.05, 0.1) is 20.6 Å². The summed E-state index contributed by atoms with van der Waals surface area (Å²) in [4.78, 5) is 21.8. The number of rotatable bonds is 7. The third kappa shape index (κ3) is 3.20. The fraction of sp³-hybridized carbons (Fsp3) is 0.818. The predicted molar refractivity (Wildman–Crippen MR) is 60.2 cm³/mol. The van der Waals surface area contributed by atoms with Crippen molar-refractivity contribution in [1.29, 1.82) is 0 Å². The molecule has 0 aliphatic rings. The van der Waals surface area contributed by atoms with Crippen LogP contribution in [0.15, 0.2) is 0 Å². The molecule has 0 aliphatic heterocycles. The van der Waals surface area contributed by atoms with Gasteiger partial charge >= 0.3 is 11.9 Å². The first-order valence-corrected chi connectivity index (χ1v) is 5.45. The molecule has 0 saturated carbocycles. The summed E-state index contributed by atoms with van der Waals surface area (Å²) in [5.74, 6) is -1.75. The van der Waals surface area contributed by atoms with E-state index in [-0.39, 0.29) is 6.42 Å². The second-order valence-electron chi connectivity index (χ2n) is 4.83. The molecule has 16 heavy (non-hydrogen) atoms. The van der Waals surface area contributed by atoms with Gasteiger partial charge in [-0.25, -0.2) is 4.79 Å². The summed E-state index contributed by atoms with van der Waals surface area (Å²) in [7, 11) is 3.71. The normalized spacial score (nSPS) is 15.5. The van der Waals surface area contributed by atoms with E-state index < -0.39 is 17.5 Å². The Morgan fingerprint density at radius 3 is 2.06 bits per heavy atom. The van der Waals surface area contributed by atoms with Crippen LogP contribution in [0, 0.1) is 0 Å². The standard InChI is InChI=1S/C11H21NO4/c1-5-12(3,4)11(2,10(15)16)8-6-7-9(13)14/h5-8H2,1-4H3,(H-,13,14,15,16)/p+1. The van der Waals surface area contributed by atoms with Crippen LogP contribution in [0.4, 0.5) is 0 Å². The lowest BCUT2D eigenvalue weighted by molar-refractivity contribution is -0.929. The van der Waals surface area contributed by atoms with Crippen LogP contribution in [0.3, 0.4) is 0 Å². The number of carboxylic acid groups (broad SMARTS) is 2. The highest BCUT2D eigenvalue weighted by Crippen LogP contribution is 2.27. The summed E-state index contributed by atoms with van der Waals surface area (Å²) in [5.41, 5.74) is -0.926. The number of likely N-dealkylation sites (N-methyl/N-ethyl adjacent to an activating group) is 1. The van der Waals surface area contributed by atoms with E-state index in [0.717, 1.165) is 0 Å². The maximum atomic E-state index is 11.3. The quantitative estimate of drug-likeness (QED) is 0.646. The lowest BCUT2D eigenvalue weighted by atomic mass is 9.91. The van der Waals surface area contributed by atoms with E-state index in [9.17, 15) is 14.7 Å². The van der Waals surface area contributed by atoms with E-state index in [2.05, 4.69) is 0 Å².